The van der Waals surface area contributed by atoms with Gasteiger partial charge in [-0.2, -0.15) is 4.98 Å². The number of aromatic amines is 1. The summed E-state index contributed by atoms with van der Waals surface area (Å²) in [5.74, 6) is 0.308. The molecule has 4 aliphatic heterocycles. The molecule has 5 fully saturated rings. The predicted octanol–water partition coefficient (Wildman–Crippen LogP) is 9.99. The third-order valence-electron chi connectivity index (χ3n) is 17.3. The van der Waals surface area contributed by atoms with Gasteiger partial charge in [-0.3, -0.25) is 19.8 Å². The van der Waals surface area contributed by atoms with Crippen molar-refractivity contribution in [2.24, 2.45) is 11.3 Å². The fourth-order valence-electron chi connectivity index (χ4n) is 12.9. The number of H-pyrrole nitrogens is 1. The number of sulfonamides is 1. The van der Waals surface area contributed by atoms with Gasteiger partial charge in [0.15, 0.2) is 0 Å². The lowest BCUT2D eigenvalue weighted by Gasteiger charge is -2.56. The van der Waals surface area contributed by atoms with Gasteiger partial charge in [0.1, 0.15) is 23.1 Å². The number of piperidine rings is 1. The van der Waals surface area contributed by atoms with E-state index in [2.05, 4.69) is 69.9 Å². The molecule has 2 aromatic heterocycles. The smallest absolute Gasteiger partial charge is 0.293 e. The Balaban J connectivity index is 0.858. The van der Waals surface area contributed by atoms with Crippen molar-refractivity contribution in [3.8, 4) is 5.88 Å². The number of nitrogens with zero attached hydrogens (tertiary/aromatic N) is 5. The summed E-state index contributed by atoms with van der Waals surface area (Å²) in [5, 5.41) is 16.5. The SMILES string of the molecule is COC1(C)CCC(CNc2ccc(S(=O)(=O)NC(=O)c3ccc(N4CCC5(CC4)CC(N4CCC[C@H]4c4ccccc4C(C)C)C5)cc3N3c4cc5cc[nH]c5nc4O[C@H]4CCOC[C@@H]43)cc2[N+](=O)[O-])CC1. The molecular weight excluding hydrogens is 933 g/mol. The van der Waals surface area contributed by atoms with Crippen LogP contribution in [0.2, 0.25) is 0 Å². The summed E-state index contributed by atoms with van der Waals surface area (Å²) in [7, 11) is -2.88. The summed E-state index contributed by atoms with van der Waals surface area (Å²) in [6.45, 7) is 10.8. The second-order valence-electron chi connectivity index (χ2n) is 22.0. The molecule has 0 unspecified atom stereocenters. The third kappa shape index (κ3) is 9.19. The molecule has 2 aliphatic carbocycles. The van der Waals surface area contributed by atoms with Gasteiger partial charge in [0.05, 0.1) is 45.9 Å². The van der Waals surface area contributed by atoms with Gasteiger partial charge in [0.2, 0.25) is 5.88 Å². The number of amides is 1. The molecule has 3 aromatic carbocycles. The van der Waals surface area contributed by atoms with E-state index in [1.807, 2.05) is 35.4 Å². The maximum Gasteiger partial charge on any atom is 0.293 e. The minimum absolute atomic E-state index is 0.119. The lowest BCUT2D eigenvalue weighted by molar-refractivity contribution is -0.384. The number of benzene rings is 3. The fourth-order valence-corrected chi connectivity index (χ4v) is 13.9. The third-order valence-corrected chi connectivity index (χ3v) is 18.6. The first-order chi connectivity index (χ1) is 34.7. The van der Waals surface area contributed by atoms with Crippen molar-refractivity contribution in [3.05, 3.63) is 106 Å². The number of hydrogen-bond acceptors (Lipinski definition) is 13. The van der Waals surface area contributed by atoms with Crippen LogP contribution in [0.15, 0.2) is 83.9 Å². The average molecular weight is 1000 g/mol. The number of nitro benzene ring substituents is 1. The van der Waals surface area contributed by atoms with Crippen molar-refractivity contribution in [1.29, 1.82) is 0 Å². The number of aromatic nitrogens is 2. The molecule has 5 aromatic rings. The molecule has 3 saturated heterocycles. The van der Waals surface area contributed by atoms with Crippen molar-refractivity contribution >= 4 is 55.4 Å². The normalized spacial score (nSPS) is 25.5. The van der Waals surface area contributed by atoms with Crippen LogP contribution in [-0.4, -0.2) is 104 Å². The van der Waals surface area contributed by atoms with E-state index in [9.17, 15) is 23.3 Å². The first-order valence-electron chi connectivity index (χ1n) is 26.1. The minimum atomic E-state index is -4.60. The first kappa shape index (κ1) is 48.5. The number of ether oxygens (including phenoxy) is 3. The number of fused-ring (bicyclic) bond motifs is 3. The van der Waals surface area contributed by atoms with E-state index in [-0.39, 0.29) is 40.3 Å². The molecule has 0 bridgehead atoms. The van der Waals surface area contributed by atoms with Gasteiger partial charge in [0.25, 0.3) is 21.6 Å². The largest absolute Gasteiger partial charge is 0.470 e. The van der Waals surface area contributed by atoms with Crippen LogP contribution in [0.3, 0.4) is 0 Å². The zero-order chi connectivity index (χ0) is 49.9. The highest BCUT2D eigenvalue weighted by Gasteiger charge is 2.50. The van der Waals surface area contributed by atoms with Crippen LogP contribution in [-0.2, 0) is 19.5 Å². The summed E-state index contributed by atoms with van der Waals surface area (Å²) in [6, 6.07) is 23.0. The average Bonchev–Trinajstić information content (AvgIpc) is 4.06. The molecule has 1 amide bonds. The van der Waals surface area contributed by atoms with Gasteiger partial charge in [-0.1, -0.05) is 38.1 Å². The topological polar surface area (TPSA) is 184 Å². The van der Waals surface area contributed by atoms with Gasteiger partial charge in [-0.15, -0.1) is 0 Å². The Bertz CT molecular complexity index is 2960. The molecule has 3 atom stereocenters. The van der Waals surface area contributed by atoms with Gasteiger partial charge in [0, 0.05) is 68.6 Å². The molecule has 11 rings (SSSR count). The lowest BCUT2D eigenvalue weighted by Crippen LogP contribution is -2.55. The monoisotopic (exact) mass is 1000 g/mol. The molecule has 0 radical (unpaired) electrons. The molecular formula is C55H68N8O8S. The molecule has 17 heteroatoms. The minimum Gasteiger partial charge on any atom is -0.470 e. The quantitative estimate of drug-likeness (QED) is 0.0749. The molecule has 6 heterocycles. The van der Waals surface area contributed by atoms with E-state index in [1.165, 1.54) is 48.9 Å². The molecule has 2 saturated carbocycles. The zero-order valence-electron chi connectivity index (χ0n) is 41.9. The highest BCUT2D eigenvalue weighted by molar-refractivity contribution is 7.90. The highest BCUT2D eigenvalue weighted by Crippen LogP contribution is 2.55. The summed E-state index contributed by atoms with van der Waals surface area (Å²) < 4.78 is 49.0. The van der Waals surface area contributed by atoms with Crippen molar-refractivity contribution < 1.29 is 32.3 Å². The van der Waals surface area contributed by atoms with Crippen LogP contribution in [0.1, 0.15) is 125 Å². The van der Waals surface area contributed by atoms with Gasteiger partial charge in [-0.05, 0) is 149 Å². The summed E-state index contributed by atoms with van der Waals surface area (Å²) in [5.41, 5.74) is 5.75. The standard InChI is InChI=1S/C55H68N8O8S/c1-35(2)41-8-5-6-9-42(41)45-10-7-24-61(45)39-31-55(32-39)21-25-60(26-22-55)38-11-13-43(46(29-38)62-48-28-37-17-23-56-51(37)58-53(48)71-50-18-27-70-34-49(50)62)52(64)59-72(67,68)40-12-14-44(47(30-40)63(65)66)57-33-36-15-19-54(3,69-4)20-16-36/h5-6,8-9,11-14,17,23,28-30,35-36,39,45,49-50,57H,7,10,15-16,18-22,24-27,31-34H2,1-4H3,(H,56,58)(H,59,64)/t36?,45-,49-,50-,54?/m0/s1. The van der Waals surface area contributed by atoms with Crippen molar-refractivity contribution in [2.45, 2.75) is 132 Å². The first-order valence-corrected chi connectivity index (χ1v) is 27.6. The van der Waals surface area contributed by atoms with E-state index >= 15 is 0 Å². The Morgan fingerprint density at radius 1 is 0.972 bits per heavy atom. The number of methoxy groups -OCH3 is 1. The number of nitro groups is 1. The van der Waals surface area contributed by atoms with Crippen LogP contribution >= 0.6 is 0 Å². The number of carbonyl (C=O) groups is 1. The van der Waals surface area contributed by atoms with E-state index in [0.29, 0.717) is 67.1 Å². The number of pyridine rings is 1. The van der Waals surface area contributed by atoms with Crippen LogP contribution in [0.5, 0.6) is 5.88 Å². The number of carbonyl (C=O) groups excluding carboxylic acids is 1. The van der Waals surface area contributed by atoms with E-state index < -0.39 is 31.4 Å². The van der Waals surface area contributed by atoms with Gasteiger partial charge < -0.3 is 34.3 Å². The molecule has 1 spiro atoms. The number of likely N-dealkylation sites (tertiary alicyclic amines) is 1. The van der Waals surface area contributed by atoms with Crippen LogP contribution in [0, 0.1) is 21.4 Å². The second kappa shape index (κ2) is 19.3. The van der Waals surface area contributed by atoms with Crippen molar-refractivity contribution in [1.82, 2.24) is 19.6 Å². The summed E-state index contributed by atoms with van der Waals surface area (Å²) in [6.07, 6.45) is 12.6. The number of rotatable bonds is 13. The van der Waals surface area contributed by atoms with Gasteiger partial charge in [-0.25, -0.2) is 13.1 Å². The summed E-state index contributed by atoms with van der Waals surface area (Å²) >= 11 is 0. The molecule has 16 nitrogen and oxygen atoms in total. The highest BCUT2D eigenvalue weighted by atomic mass is 32.2. The van der Waals surface area contributed by atoms with Gasteiger partial charge >= 0.3 is 0 Å². The fraction of sp³-hybridized carbons (Fsp3) is 0.527. The number of anilines is 4. The molecule has 6 aliphatic rings. The van der Waals surface area contributed by atoms with Crippen molar-refractivity contribution in [3.63, 3.8) is 0 Å². The Morgan fingerprint density at radius 3 is 2.53 bits per heavy atom. The van der Waals surface area contributed by atoms with E-state index in [0.717, 1.165) is 75.3 Å². The Labute approximate surface area is 422 Å². The number of hydrogen-bond donors (Lipinski definition) is 3. The predicted molar refractivity (Wildman–Crippen MR) is 278 cm³/mol. The van der Waals surface area contributed by atoms with Crippen molar-refractivity contribution in [2.75, 3.05) is 61.6 Å². The Hall–Kier alpha value is -5.75. The van der Waals surface area contributed by atoms with Crippen LogP contribution < -0.4 is 24.6 Å². The van der Waals surface area contributed by atoms with Crippen LogP contribution in [0.25, 0.3) is 11.0 Å². The van der Waals surface area contributed by atoms with Crippen LogP contribution in [0.4, 0.5) is 28.4 Å². The maximum atomic E-state index is 14.7. The van der Waals surface area contributed by atoms with E-state index in [1.54, 1.807) is 13.2 Å². The Morgan fingerprint density at radius 2 is 1.76 bits per heavy atom. The molecule has 3 N–H and O–H groups in total. The summed E-state index contributed by atoms with van der Waals surface area (Å²) in [4.78, 5) is 41.5. The molecule has 382 valence electrons. The molecule has 72 heavy (non-hydrogen) atoms. The zero-order valence-corrected chi connectivity index (χ0v) is 42.7. The maximum absolute atomic E-state index is 14.7. The second-order valence-corrected chi connectivity index (χ2v) is 23.6. The lowest BCUT2D eigenvalue weighted by atomic mass is 9.59. The number of nitrogens with one attached hydrogen (secondary N) is 3. The van der Waals surface area contributed by atoms with E-state index in [4.69, 9.17) is 19.2 Å². The Kier molecular flexibility index (Phi) is 13.0.